The fourth-order valence-corrected chi connectivity index (χ4v) is 17.3. The molecule has 2 aliphatic carbocycles. The molecule has 9 aromatic rings. The van der Waals surface area contributed by atoms with Crippen LogP contribution in [0.4, 0.5) is 62.6 Å². The van der Waals surface area contributed by atoms with Crippen molar-refractivity contribution in [2.24, 2.45) is 0 Å². The third-order valence-corrected chi connectivity index (χ3v) is 23.7. The zero-order valence-corrected chi connectivity index (χ0v) is 61.4. The topological polar surface area (TPSA) is 13.0 Å². The molecule has 0 saturated heterocycles. The van der Waals surface area contributed by atoms with Crippen LogP contribution in [0.25, 0.3) is 11.1 Å². The van der Waals surface area contributed by atoms with Crippen molar-refractivity contribution in [3.63, 3.8) is 0 Å². The van der Waals surface area contributed by atoms with Gasteiger partial charge in [-0.15, -0.1) is 0 Å². The highest BCUT2D eigenvalue weighted by molar-refractivity contribution is 7.00. The standard InChI is InChI=1S/C90H105BN4/c1-82(2,3)59-29-37-64(38-30-59)92(65-39-31-60(32-40-65)83(4,5)6)67-43-46-76-72(53-67)89(20)47-25-26-48-90(89,21)95(76)68-54-79-81-80(55-68)94(75-44-35-62(85(10,11)12)51-69(75)58-27-23-22-24-28-58)78-57-71-70(87(16,17)49-50-88(71,18)19)56-74(78)91(81)73-52-63(86(13,14)15)36-45-77(73)93(79)66-41-33-61(34-42-66)84(7,8)9/h22-24,27-46,51-57H,25-26,47-50H2,1-21H3. The largest absolute Gasteiger partial charge is 0.334 e. The fourth-order valence-electron chi connectivity index (χ4n) is 17.3. The Morgan fingerprint density at radius 1 is 0.347 bits per heavy atom. The molecule has 95 heavy (non-hydrogen) atoms. The van der Waals surface area contributed by atoms with E-state index in [9.17, 15) is 0 Å². The summed E-state index contributed by atoms with van der Waals surface area (Å²) in [6.45, 7) is 50.4. The predicted octanol–water partition coefficient (Wildman–Crippen LogP) is 23.5. The van der Waals surface area contributed by atoms with E-state index >= 15 is 0 Å². The quantitative estimate of drug-likeness (QED) is 0.147. The molecule has 0 bridgehead atoms. The molecule has 2 atom stereocenters. The summed E-state index contributed by atoms with van der Waals surface area (Å²) in [6.07, 6.45) is 6.81. The zero-order valence-electron chi connectivity index (χ0n) is 61.4. The summed E-state index contributed by atoms with van der Waals surface area (Å²) in [7, 11) is 0. The van der Waals surface area contributed by atoms with E-state index in [1.54, 1.807) is 0 Å². The third kappa shape index (κ3) is 10.6. The van der Waals surface area contributed by atoms with Crippen LogP contribution in [0.1, 0.15) is 228 Å². The molecule has 0 amide bonds. The first kappa shape index (κ1) is 64.6. The summed E-state index contributed by atoms with van der Waals surface area (Å²) in [5.41, 5.74) is 30.6. The zero-order chi connectivity index (χ0) is 67.7. The molecule has 488 valence electrons. The Morgan fingerprint density at radius 3 is 1.35 bits per heavy atom. The van der Waals surface area contributed by atoms with Gasteiger partial charge in [0, 0.05) is 67.9 Å². The Balaban J connectivity index is 1.09. The molecule has 9 aromatic carbocycles. The lowest BCUT2D eigenvalue weighted by Gasteiger charge is -2.51. The monoisotopic (exact) mass is 1250 g/mol. The molecule has 0 spiro atoms. The average molecular weight is 1250 g/mol. The van der Waals surface area contributed by atoms with Crippen LogP contribution in [0.5, 0.6) is 0 Å². The van der Waals surface area contributed by atoms with Crippen molar-refractivity contribution in [3.05, 3.63) is 226 Å². The number of hydrogen-bond acceptors (Lipinski definition) is 4. The number of hydrogen-bond donors (Lipinski definition) is 0. The molecule has 4 nitrogen and oxygen atoms in total. The van der Waals surface area contributed by atoms with Gasteiger partial charge in [0.15, 0.2) is 0 Å². The second-order valence-corrected chi connectivity index (χ2v) is 36.2. The molecule has 2 unspecified atom stereocenters. The van der Waals surface area contributed by atoms with Gasteiger partial charge in [-0.3, -0.25) is 0 Å². The number of fused-ring (bicyclic) bond motifs is 8. The minimum absolute atomic E-state index is 0.00921. The summed E-state index contributed by atoms with van der Waals surface area (Å²) in [5, 5.41) is 0. The smallest absolute Gasteiger partial charge is 0.252 e. The van der Waals surface area contributed by atoms with Crippen LogP contribution in [-0.2, 0) is 43.3 Å². The van der Waals surface area contributed by atoms with Gasteiger partial charge in [0.25, 0.3) is 6.71 Å². The molecule has 0 radical (unpaired) electrons. The van der Waals surface area contributed by atoms with E-state index in [0.29, 0.717) is 0 Å². The number of nitrogens with zero attached hydrogens (tertiary/aromatic N) is 4. The molecule has 5 aliphatic rings. The maximum atomic E-state index is 2.86. The van der Waals surface area contributed by atoms with Gasteiger partial charge in [-0.05, 0) is 228 Å². The lowest BCUT2D eigenvalue weighted by molar-refractivity contribution is 0.195. The lowest BCUT2D eigenvalue weighted by Crippen LogP contribution is -2.62. The second kappa shape index (κ2) is 21.9. The first-order chi connectivity index (χ1) is 44.5. The molecule has 1 fully saturated rings. The van der Waals surface area contributed by atoms with Crippen molar-refractivity contribution in [2.45, 2.75) is 233 Å². The highest BCUT2D eigenvalue weighted by Gasteiger charge is 2.59. The van der Waals surface area contributed by atoms with Gasteiger partial charge < -0.3 is 19.6 Å². The maximum absolute atomic E-state index is 2.86. The Kier molecular flexibility index (Phi) is 14.9. The van der Waals surface area contributed by atoms with Gasteiger partial charge in [0.1, 0.15) is 0 Å². The Labute approximate surface area is 572 Å². The van der Waals surface area contributed by atoms with Gasteiger partial charge in [0.05, 0.1) is 11.2 Å². The molecule has 3 heterocycles. The van der Waals surface area contributed by atoms with Gasteiger partial charge in [-0.2, -0.15) is 0 Å². The highest BCUT2D eigenvalue weighted by Crippen LogP contribution is 2.63. The van der Waals surface area contributed by atoms with E-state index in [2.05, 4.69) is 347 Å². The van der Waals surface area contributed by atoms with Crippen LogP contribution in [-0.4, -0.2) is 12.3 Å². The normalized spacial score (nSPS) is 19.5. The summed E-state index contributed by atoms with van der Waals surface area (Å²) < 4.78 is 0. The molecule has 0 N–H and O–H groups in total. The second-order valence-electron chi connectivity index (χ2n) is 36.2. The van der Waals surface area contributed by atoms with E-state index in [-0.39, 0.29) is 55.6 Å². The van der Waals surface area contributed by atoms with Gasteiger partial charge in [-0.1, -0.05) is 242 Å². The van der Waals surface area contributed by atoms with E-state index in [1.165, 1.54) is 147 Å². The summed E-state index contributed by atoms with van der Waals surface area (Å²) in [6, 6.07) is 73.0. The molecular formula is C90H105BN4. The SMILES string of the molecule is CC(C)(C)c1ccc(N(c2ccc(C(C)(C)C)cc2)c2ccc3c(c2)C2(C)CCCCC2(C)N3c2cc3c4c(c2)N(c2ccc(C(C)(C)C)cc2-c2ccccc2)c2cc5c(cc2B4c2cc(C(C)(C)C)ccc2N3c2ccc(C(C)(C)C)cc2)C(C)(C)CCC5(C)C)cc1. The number of rotatable bonds is 7. The molecule has 3 aliphatic heterocycles. The molecule has 0 aromatic heterocycles. The van der Waals surface area contributed by atoms with Crippen molar-refractivity contribution >= 4 is 85.7 Å². The summed E-state index contributed by atoms with van der Waals surface area (Å²) >= 11 is 0. The average Bonchev–Trinajstić information content (AvgIpc) is 1.62. The van der Waals surface area contributed by atoms with Crippen LogP contribution < -0.4 is 36.0 Å². The van der Waals surface area contributed by atoms with Crippen LogP contribution >= 0.6 is 0 Å². The van der Waals surface area contributed by atoms with Gasteiger partial charge >= 0.3 is 0 Å². The van der Waals surface area contributed by atoms with E-state index in [1.807, 2.05) is 0 Å². The predicted molar refractivity (Wildman–Crippen MR) is 412 cm³/mol. The van der Waals surface area contributed by atoms with Gasteiger partial charge in [0.2, 0.25) is 0 Å². The molecule has 1 saturated carbocycles. The highest BCUT2D eigenvalue weighted by atomic mass is 15.3. The lowest BCUT2D eigenvalue weighted by atomic mass is 9.33. The maximum Gasteiger partial charge on any atom is 0.252 e. The van der Waals surface area contributed by atoms with E-state index in [0.717, 1.165) is 25.7 Å². The minimum Gasteiger partial charge on any atom is -0.334 e. The van der Waals surface area contributed by atoms with Crippen molar-refractivity contribution in [3.8, 4) is 11.1 Å². The van der Waals surface area contributed by atoms with E-state index < -0.39 is 0 Å². The Hall–Kier alpha value is -7.76. The Morgan fingerprint density at radius 2 is 0.800 bits per heavy atom. The van der Waals surface area contributed by atoms with Gasteiger partial charge in [-0.25, -0.2) is 0 Å². The van der Waals surface area contributed by atoms with Crippen molar-refractivity contribution < 1.29 is 0 Å². The van der Waals surface area contributed by atoms with Crippen molar-refractivity contribution in [2.75, 3.05) is 19.6 Å². The molecule has 14 rings (SSSR count). The van der Waals surface area contributed by atoms with Crippen molar-refractivity contribution in [1.82, 2.24) is 0 Å². The van der Waals surface area contributed by atoms with Crippen LogP contribution in [0.3, 0.4) is 0 Å². The van der Waals surface area contributed by atoms with Crippen LogP contribution in [0.15, 0.2) is 182 Å². The first-order valence-electron chi connectivity index (χ1n) is 35.9. The molecular weight excluding hydrogens is 1150 g/mol. The summed E-state index contributed by atoms with van der Waals surface area (Å²) in [4.78, 5) is 10.8. The van der Waals surface area contributed by atoms with Crippen LogP contribution in [0, 0.1) is 0 Å². The number of benzene rings is 9. The summed E-state index contributed by atoms with van der Waals surface area (Å²) in [5.74, 6) is 0. The third-order valence-electron chi connectivity index (χ3n) is 23.7. The number of anilines is 11. The fraction of sp³-hybridized carbons (Fsp3) is 0.400. The van der Waals surface area contributed by atoms with Crippen LogP contribution in [0.2, 0.25) is 0 Å². The Bertz CT molecular complexity index is 4420. The minimum atomic E-state index is -0.275. The molecule has 5 heteroatoms. The van der Waals surface area contributed by atoms with Crippen molar-refractivity contribution in [1.29, 1.82) is 0 Å². The first-order valence-corrected chi connectivity index (χ1v) is 35.9. The van der Waals surface area contributed by atoms with E-state index in [4.69, 9.17) is 0 Å².